The van der Waals surface area contributed by atoms with Crippen molar-refractivity contribution in [3.05, 3.63) is 29.0 Å². The summed E-state index contributed by atoms with van der Waals surface area (Å²) in [5, 5.41) is 0.658. The fraction of sp³-hybridized carbons (Fsp3) is 0.417. The highest BCUT2D eigenvalue weighted by atomic mass is 35.5. The number of imidazole rings is 1. The van der Waals surface area contributed by atoms with Crippen molar-refractivity contribution in [1.29, 1.82) is 0 Å². The van der Waals surface area contributed by atoms with E-state index in [4.69, 9.17) is 23.2 Å². The Morgan fingerprint density at radius 1 is 1.44 bits per heavy atom. The highest BCUT2D eigenvalue weighted by Gasteiger charge is 2.10. The normalized spacial score (nSPS) is 13.1. The predicted octanol–water partition coefficient (Wildman–Crippen LogP) is 3.20. The molecule has 3 nitrogen and oxygen atoms in total. The van der Waals surface area contributed by atoms with Crippen LogP contribution in [-0.4, -0.2) is 25.3 Å². The molecule has 0 aliphatic rings. The van der Waals surface area contributed by atoms with E-state index in [2.05, 4.69) is 4.98 Å². The molecule has 0 aliphatic carbocycles. The number of benzene rings is 1. The molecule has 98 valence electrons. The van der Waals surface area contributed by atoms with Crippen LogP contribution in [0.5, 0.6) is 0 Å². The smallest absolute Gasteiger partial charge is 0.124 e. The standard InChI is InChI=1S/C12H14Cl2N2OS/c1-2-18(17)6-5-16-11-4-3-9(14)7-10(11)15-12(16)8-13/h3-4,7H,2,5-6,8H2,1H3. The van der Waals surface area contributed by atoms with Crippen LogP contribution in [0.25, 0.3) is 11.0 Å². The molecule has 0 aliphatic heterocycles. The van der Waals surface area contributed by atoms with Crippen LogP contribution in [0.2, 0.25) is 5.02 Å². The highest BCUT2D eigenvalue weighted by Crippen LogP contribution is 2.21. The maximum absolute atomic E-state index is 11.5. The third kappa shape index (κ3) is 2.87. The molecule has 18 heavy (non-hydrogen) atoms. The Morgan fingerprint density at radius 2 is 2.22 bits per heavy atom. The summed E-state index contributed by atoms with van der Waals surface area (Å²) in [6.45, 7) is 2.59. The Balaban J connectivity index is 2.37. The van der Waals surface area contributed by atoms with E-state index in [1.54, 1.807) is 0 Å². The number of hydrogen-bond acceptors (Lipinski definition) is 2. The summed E-state index contributed by atoms with van der Waals surface area (Å²) in [4.78, 5) is 4.44. The van der Waals surface area contributed by atoms with Crippen molar-refractivity contribution in [3.8, 4) is 0 Å². The lowest BCUT2D eigenvalue weighted by atomic mass is 10.3. The van der Waals surface area contributed by atoms with Crippen molar-refractivity contribution in [2.45, 2.75) is 19.3 Å². The van der Waals surface area contributed by atoms with E-state index in [9.17, 15) is 4.21 Å². The van der Waals surface area contributed by atoms with Crippen LogP contribution in [0.15, 0.2) is 18.2 Å². The van der Waals surface area contributed by atoms with Gasteiger partial charge < -0.3 is 4.57 Å². The van der Waals surface area contributed by atoms with Gasteiger partial charge in [0.15, 0.2) is 0 Å². The van der Waals surface area contributed by atoms with Gasteiger partial charge in [-0.2, -0.15) is 0 Å². The summed E-state index contributed by atoms with van der Waals surface area (Å²) < 4.78 is 13.5. The number of aryl methyl sites for hydroxylation is 1. The topological polar surface area (TPSA) is 34.9 Å². The Morgan fingerprint density at radius 3 is 2.89 bits per heavy atom. The van der Waals surface area contributed by atoms with Gasteiger partial charge in [-0.15, -0.1) is 11.6 Å². The number of hydrogen-bond donors (Lipinski definition) is 0. The van der Waals surface area contributed by atoms with Crippen LogP contribution in [0.1, 0.15) is 12.7 Å². The number of rotatable bonds is 5. The van der Waals surface area contributed by atoms with Gasteiger partial charge in [0.2, 0.25) is 0 Å². The molecule has 0 bridgehead atoms. The maximum atomic E-state index is 11.5. The van der Waals surface area contributed by atoms with Crippen molar-refractivity contribution in [3.63, 3.8) is 0 Å². The number of nitrogens with zero attached hydrogens (tertiary/aromatic N) is 2. The van der Waals surface area contributed by atoms with Crippen molar-refractivity contribution in [2.24, 2.45) is 0 Å². The first kappa shape index (κ1) is 13.8. The van der Waals surface area contributed by atoms with Gasteiger partial charge in [-0.3, -0.25) is 4.21 Å². The van der Waals surface area contributed by atoms with Crippen LogP contribution >= 0.6 is 23.2 Å². The van der Waals surface area contributed by atoms with Crippen molar-refractivity contribution in [1.82, 2.24) is 9.55 Å². The quantitative estimate of drug-likeness (QED) is 0.795. The van der Waals surface area contributed by atoms with Crippen LogP contribution in [0, 0.1) is 0 Å². The molecule has 6 heteroatoms. The van der Waals surface area contributed by atoms with E-state index in [-0.39, 0.29) is 0 Å². The maximum Gasteiger partial charge on any atom is 0.124 e. The number of aromatic nitrogens is 2. The molecular formula is C12H14Cl2N2OS. The molecule has 2 rings (SSSR count). The number of alkyl halides is 1. The van der Waals surface area contributed by atoms with Gasteiger partial charge in [0.05, 0.1) is 16.9 Å². The van der Waals surface area contributed by atoms with E-state index in [0.717, 1.165) is 16.9 Å². The van der Waals surface area contributed by atoms with Gasteiger partial charge in [-0.05, 0) is 18.2 Å². The lowest BCUT2D eigenvalue weighted by molar-refractivity contribution is 0.673. The van der Waals surface area contributed by atoms with Gasteiger partial charge in [0.25, 0.3) is 0 Å². The Kier molecular flexibility index (Phi) is 4.65. The van der Waals surface area contributed by atoms with E-state index in [1.807, 2.05) is 29.7 Å². The summed E-state index contributed by atoms with van der Waals surface area (Å²) in [6.07, 6.45) is 0. The van der Waals surface area contributed by atoms with E-state index in [1.165, 1.54) is 0 Å². The number of fused-ring (bicyclic) bond motifs is 1. The molecular weight excluding hydrogens is 291 g/mol. The summed E-state index contributed by atoms with van der Waals surface area (Å²) >= 11 is 11.8. The monoisotopic (exact) mass is 304 g/mol. The minimum Gasteiger partial charge on any atom is -0.326 e. The van der Waals surface area contributed by atoms with Gasteiger partial charge in [-0.1, -0.05) is 18.5 Å². The minimum atomic E-state index is -0.787. The molecule has 2 aromatic rings. The highest BCUT2D eigenvalue weighted by molar-refractivity contribution is 7.84. The first-order valence-corrected chi connectivity index (χ1v) is 8.11. The first-order valence-electron chi connectivity index (χ1n) is 5.71. The van der Waals surface area contributed by atoms with E-state index in [0.29, 0.717) is 29.0 Å². The lowest BCUT2D eigenvalue weighted by Gasteiger charge is -2.06. The van der Waals surface area contributed by atoms with Crippen molar-refractivity contribution < 1.29 is 4.21 Å². The van der Waals surface area contributed by atoms with Crippen molar-refractivity contribution >= 4 is 45.0 Å². The van der Waals surface area contributed by atoms with Gasteiger partial charge in [0.1, 0.15) is 5.82 Å². The fourth-order valence-electron chi connectivity index (χ4n) is 1.84. The number of halogens is 2. The van der Waals surface area contributed by atoms with Crippen LogP contribution < -0.4 is 0 Å². The molecule has 0 spiro atoms. The molecule has 1 unspecified atom stereocenters. The Hall–Kier alpha value is -0.580. The molecule has 1 atom stereocenters. The lowest BCUT2D eigenvalue weighted by Crippen LogP contribution is -2.11. The third-order valence-electron chi connectivity index (χ3n) is 2.77. The zero-order chi connectivity index (χ0) is 13.1. The Bertz CT molecular complexity index is 583. The molecule has 0 fully saturated rings. The van der Waals surface area contributed by atoms with Crippen LogP contribution in [0.3, 0.4) is 0 Å². The van der Waals surface area contributed by atoms with Crippen LogP contribution in [0.4, 0.5) is 0 Å². The second-order valence-electron chi connectivity index (χ2n) is 3.88. The average Bonchev–Trinajstić information content (AvgIpc) is 2.72. The first-order chi connectivity index (χ1) is 8.65. The molecule has 0 saturated heterocycles. The zero-order valence-electron chi connectivity index (χ0n) is 10.0. The summed E-state index contributed by atoms with van der Waals surface area (Å²) in [6, 6.07) is 5.58. The summed E-state index contributed by atoms with van der Waals surface area (Å²) in [5.74, 6) is 2.43. The van der Waals surface area contributed by atoms with Gasteiger partial charge >= 0.3 is 0 Å². The molecule has 1 aromatic carbocycles. The molecule has 0 amide bonds. The molecule has 0 saturated carbocycles. The predicted molar refractivity (Wildman–Crippen MR) is 77.9 cm³/mol. The SMILES string of the molecule is CCS(=O)CCn1c(CCl)nc2cc(Cl)ccc21. The molecule has 1 aromatic heterocycles. The van der Waals surface area contributed by atoms with Crippen molar-refractivity contribution in [2.75, 3.05) is 11.5 Å². The van der Waals surface area contributed by atoms with Gasteiger partial charge in [-0.25, -0.2) is 4.98 Å². The minimum absolute atomic E-state index is 0.338. The fourth-order valence-corrected chi connectivity index (χ4v) is 2.89. The van der Waals surface area contributed by atoms with Gasteiger partial charge in [0, 0.05) is 33.9 Å². The summed E-state index contributed by atoms with van der Waals surface area (Å²) in [5.41, 5.74) is 1.82. The third-order valence-corrected chi connectivity index (χ3v) is 4.53. The largest absolute Gasteiger partial charge is 0.326 e. The average molecular weight is 305 g/mol. The second kappa shape index (κ2) is 6.04. The van der Waals surface area contributed by atoms with E-state index >= 15 is 0 Å². The second-order valence-corrected chi connectivity index (χ2v) is 6.45. The summed E-state index contributed by atoms with van der Waals surface area (Å²) in [7, 11) is -0.787. The van der Waals surface area contributed by atoms with Crippen LogP contribution in [-0.2, 0) is 23.2 Å². The molecule has 0 N–H and O–H groups in total. The zero-order valence-corrected chi connectivity index (χ0v) is 12.4. The van der Waals surface area contributed by atoms with E-state index < -0.39 is 10.8 Å². The molecule has 1 heterocycles. The molecule has 0 radical (unpaired) electrons. The Labute approximate surface area is 119 Å².